The molecular weight excluding hydrogens is 115 g/mol. The Morgan fingerprint density at radius 3 is 1.71 bits per heavy atom. The predicted octanol–water partition coefficient (Wildman–Crippen LogP) is 0.136. The predicted molar refractivity (Wildman–Crippen MR) is 28.7 cm³/mol. The van der Waals surface area contributed by atoms with Crippen LogP contribution in [-0.4, -0.2) is 20.8 Å². The monoisotopic (exact) mass is 125 g/mol. The smallest absolute Gasteiger partial charge is 0.193 e. The standard InChI is InChI=1S/C3H10O3P/c1-2-3-7(4,5)6/h4-6H,2-3H2,1H3/q+1. The molecule has 0 atom stereocenters. The largest absolute Gasteiger partial charge is 0.403 e. The molecule has 3 N–H and O–H groups in total. The van der Waals surface area contributed by atoms with Crippen LogP contribution in [0.4, 0.5) is 0 Å². The van der Waals surface area contributed by atoms with Gasteiger partial charge >= 0.3 is 7.94 Å². The van der Waals surface area contributed by atoms with E-state index >= 15 is 0 Å². The highest BCUT2D eigenvalue weighted by Gasteiger charge is 2.26. The van der Waals surface area contributed by atoms with E-state index in [1.165, 1.54) is 0 Å². The first-order chi connectivity index (χ1) is 3.06. The first-order valence-electron chi connectivity index (χ1n) is 2.12. The van der Waals surface area contributed by atoms with E-state index < -0.39 is 7.94 Å². The van der Waals surface area contributed by atoms with E-state index in [0.717, 1.165) is 0 Å². The summed E-state index contributed by atoms with van der Waals surface area (Å²) in [5.41, 5.74) is 0. The Kier molecular flexibility index (Phi) is 2.69. The van der Waals surface area contributed by atoms with Gasteiger partial charge in [-0.15, -0.1) is 0 Å². The lowest BCUT2D eigenvalue weighted by atomic mass is 10.6. The Morgan fingerprint density at radius 2 is 1.71 bits per heavy atom. The maximum Gasteiger partial charge on any atom is 0.403 e. The maximum atomic E-state index is 8.24. The van der Waals surface area contributed by atoms with E-state index in [1.54, 1.807) is 6.92 Å². The second-order valence-corrected chi connectivity index (χ2v) is 3.25. The lowest BCUT2D eigenvalue weighted by molar-refractivity contribution is 0.330. The van der Waals surface area contributed by atoms with Gasteiger partial charge in [0.2, 0.25) is 0 Å². The average Bonchev–Trinajstić information content (AvgIpc) is 1.30. The second kappa shape index (κ2) is 2.58. The molecule has 0 saturated carbocycles. The van der Waals surface area contributed by atoms with Crippen molar-refractivity contribution in [2.75, 3.05) is 6.16 Å². The van der Waals surface area contributed by atoms with E-state index in [0.29, 0.717) is 6.42 Å². The Morgan fingerprint density at radius 1 is 1.29 bits per heavy atom. The summed E-state index contributed by atoms with van der Waals surface area (Å²) in [4.78, 5) is 24.7. The number of hydrogen-bond acceptors (Lipinski definition) is 3. The molecule has 0 rings (SSSR count). The molecule has 7 heavy (non-hydrogen) atoms. The maximum absolute atomic E-state index is 8.24. The van der Waals surface area contributed by atoms with Gasteiger partial charge in [0.1, 0.15) is 6.16 Å². The summed E-state index contributed by atoms with van der Waals surface area (Å²) < 4.78 is 0. The van der Waals surface area contributed by atoms with Gasteiger partial charge in [0.05, 0.1) is 0 Å². The van der Waals surface area contributed by atoms with Crippen molar-refractivity contribution in [2.45, 2.75) is 13.3 Å². The molecule has 0 heterocycles. The van der Waals surface area contributed by atoms with Crippen LogP contribution in [0.3, 0.4) is 0 Å². The van der Waals surface area contributed by atoms with Crippen LogP contribution in [0.5, 0.6) is 0 Å². The van der Waals surface area contributed by atoms with Gasteiger partial charge in [0, 0.05) is 0 Å². The third-order valence-corrected chi connectivity index (χ3v) is 1.57. The van der Waals surface area contributed by atoms with Gasteiger partial charge in [0.25, 0.3) is 0 Å². The summed E-state index contributed by atoms with van der Waals surface area (Å²) in [7, 11) is -3.42. The van der Waals surface area contributed by atoms with Gasteiger partial charge in [-0.3, -0.25) is 0 Å². The van der Waals surface area contributed by atoms with E-state index in [2.05, 4.69) is 0 Å². The lowest BCUT2D eigenvalue weighted by Gasteiger charge is -1.98. The second-order valence-electron chi connectivity index (χ2n) is 1.42. The van der Waals surface area contributed by atoms with Crippen LogP contribution >= 0.6 is 7.94 Å². The average molecular weight is 125 g/mol. The SMILES string of the molecule is CCC[P+](O)(O)O. The minimum atomic E-state index is -3.42. The van der Waals surface area contributed by atoms with Crippen molar-refractivity contribution in [1.82, 2.24) is 0 Å². The first-order valence-corrected chi connectivity index (χ1v) is 3.96. The van der Waals surface area contributed by atoms with Crippen LogP contribution in [0.15, 0.2) is 0 Å². The van der Waals surface area contributed by atoms with Crippen molar-refractivity contribution in [1.29, 1.82) is 0 Å². The molecule has 0 amide bonds. The fraction of sp³-hybridized carbons (Fsp3) is 1.00. The summed E-state index contributed by atoms with van der Waals surface area (Å²) in [5.74, 6) is 0. The van der Waals surface area contributed by atoms with Gasteiger partial charge in [0.15, 0.2) is 0 Å². The van der Waals surface area contributed by atoms with Gasteiger partial charge < -0.3 is 0 Å². The van der Waals surface area contributed by atoms with E-state index in [9.17, 15) is 0 Å². The van der Waals surface area contributed by atoms with Gasteiger partial charge in [-0.1, -0.05) is 6.92 Å². The zero-order valence-corrected chi connectivity index (χ0v) is 5.10. The fourth-order valence-electron chi connectivity index (χ4n) is 0.300. The molecule has 0 bridgehead atoms. The highest BCUT2D eigenvalue weighted by Crippen LogP contribution is 2.44. The van der Waals surface area contributed by atoms with Crippen molar-refractivity contribution in [3.05, 3.63) is 0 Å². The summed E-state index contributed by atoms with van der Waals surface area (Å²) in [6.45, 7) is 1.78. The van der Waals surface area contributed by atoms with Crippen molar-refractivity contribution >= 4 is 7.94 Å². The Labute approximate surface area is 43.2 Å². The molecular formula is C3H10O3P+. The fourth-order valence-corrected chi connectivity index (χ4v) is 0.900. The normalized spacial score (nSPS) is 12.0. The van der Waals surface area contributed by atoms with Crippen LogP contribution in [0.25, 0.3) is 0 Å². The third kappa shape index (κ3) is 6.31. The molecule has 0 saturated heterocycles. The highest BCUT2D eigenvalue weighted by molar-refractivity contribution is 7.58. The van der Waals surface area contributed by atoms with Crippen LogP contribution < -0.4 is 0 Å². The molecule has 0 aliphatic carbocycles. The highest BCUT2D eigenvalue weighted by atomic mass is 31.2. The Hall–Kier alpha value is 0.310. The molecule has 4 heteroatoms. The zero-order valence-electron chi connectivity index (χ0n) is 4.20. The lowest BCUT2D eigenvalue weighted by Crippen LogP contribution is -1.91. The van der Waals surface area contributed by atoms with Crippen molar-refractivity contribution in [2.24, 2.45) is 0 Å². The van der Waals surface area contributed by atoms with E-state index in [-0.39, 0.29) is 6.16 Å². The van der Waals surface area contributed by atoms with E-state index in [4.69, 9.17) is 14.7 Å². The van der Waals surface area contributed by atoms with Gasteiger partial charge in [-0.25, -0.2) is 0 Å². The van der Waals surface area contributed by atoms with Crippen LogP contribution in [0.1, 0.15) is 13.3 Å². The molecule has 3 nitrogen and oxygen atoms in total. The Balaban J connectivity index is 3.15. The number of rotatable bonds is 2. The van der Waals surface area contributed by atoms with Crippen molar-refractivity contribution < 1.29 is 14.7 Å². The van der Waals surface area contributed by atoms with Gasteiger partial charge in [-0.05, 0) is 6.42 Å². The van der Waals surface area contributed by atoms with Crippen LogP contribution in [-0.2, 0) is 0 Å². The van der Waals surface area contributed by atoms with Crippen molar-refractivity contribution in [3.8, 4) is 0 Å². The third-order valence-electron chi connectivity index (χ3n) is 0.524. The minimum absolute atomic E-state index is 0.118. The minimum Gasteiger partial charge on any atom is -0.193 e. The number of hydrogen-bond donors (Lipinski definition) is 3. The first kappa shape index (κ1) is 7.31. The quantitative estimate of drug-likeness (QED) is 0.460. The summed E-state index contributed by atoms with van der Waals surface area (Å²) in [6.07, 6.45) is 0.726. The molecule has 0 aromatic carbocycles. The summed E-state index contributed by atoms with van der Waals surface area (Å²) in [6, 6.07) is 0. The summed E-state index contributed by atoms with van der Waals surface area (Å²) >= 11 is 0. The summed E-state index contributed by atoms with van der Waals surface area (Å²) in [5, 5.41) is 0. The molecule has 0 aromatic rings. The molecule has 0 fully saturated rings. The van der Waals surface area contributed by atoms with E-state index in [1.807, 2.05) is 0 Å². The molecule has 0 unspecified atom stereocenters. The van der Waals surface area contributed by atoms with Crippen LogP contribution in [0.2, 0.25) is 0 Å². The molecule has 0 radical (unpaired) electrons. The molecule has 0 aliphatic heterocycles. The topological polar surface area (TPSA) is 60.7 Å². The Bertz CT molecular complexity index is 48.6. The van der Waals surface area contributed by atoms with Crippen LogP contribution in [0, 0.1) is 0 Å². The molecule has 44 valence electrons. The van der Waals surface area contributed by atoms with Crippen molar-refractivity contribution in [3.63, 3.8) is 0 Å². The molecule has 0 aromatic heterocycles. The molecule has 0 aliphatic rings. The molecule has 0 spiro atoms. The van der Waals surface area contributed by atoms with Gasteiger partial charge in [-0.2, -0.15) is 14.7 Å². The zero-order chi connectivity index (χ0) is 5.91.